The molecule has 162 valence electrons. The van der Waals surface area contributed by atoms with E-state index in [0.29, 0.717) is 18.7 Å². The quantitative estimate of drug-likeness (QED) is 0.386. The molecule has 5 nitrogen and oxygen atoms in total. The zero-order valence-electron chi connectivity index (χ0n) is 18.6. The summed E-state index contributed by atoms with van der Waals surface area (Å²) in [5.74, 6) is 1.34. The van der Waals surface area contributed by atoms with E-state index in [4.69, 9.17) is 9.84 Å². The second-order valence-corrected chi connectivity index (χ2v) is 7.95. The van der Waals surface area contributed by atoms with Crippen LogP contribution in [-0.4, -0.2) is 15.7 Å². The number of rotatable bonds is 7. The van der Waals surface area contributed by atoms with Gasteiger partial charge in [-0.3, -0.25) is 4.79 Å². The first-order valence-corrected chi connectivity index (χ1v) is 10.7. The van der Waals surface area contributed by atoms with E-state index in [1.54, 1.807) is 0 Å². The SMILES string of the molecule is Cc1ccc(NC(=O)CCc2c(C)nn(-c3ccccc3)c2Oc2cccc(C)c2)cc1. The number of aryl methyl sites for hydroxylation is 3. The van der Waals surface area contributed by atoms with Crippen LogP contribution >= 0.6 is 0 Å². The van der Waals surface area contributed by atoms with Crippen LogP contribution in [0.5, 0.6) is 11.6 Å². The van der Waals surface area contributed by atoms with E-state index >= 15 is 0 Å². The Morgan fingerprint density at radius 1 is 0.906 bits per heavy atom. The molecule has 1 amide bonds. The number of ether oxygens (including phenoxy) is 1. The Morgan fingerprint density at radius 3 is 2.38 bits per heavy atom. The van der Waals surface area contributed by atoms with Crippen molar-refractivity contribution in [3.63, 3.8) is 0 Å². The third-order valence-electron chi connectivity index (χ3n) is 5.28. The number of amides is 1. The molecule has 1 aromatic heterocycles. The molecule has 0 atom stereocenters. The smallest absolute Gasteiger partial charge is 0.226 e. The molecule has 0 saturated carbocycles. The number of nitrogens with one attached hydrogen (secondary N) is 1. The number of nitrogens with zero attached hydrogens (tertiary/aromatic N) is 2. The number of hydrogen-bond donors (Lipinski definition) is 1. The van der Waals surface area contributed by atoms with Gasteiger partial charge in [-0.05, 0) is 69.2 Å². The van der Waals surface area contributed by atoms with E-state index in [9.17, 15) is 4.79 Å². The third-order valence-corrected chi connectivity index (χ3v) is 5.28. The summed E-state index contributed by atoms with van der Waals surface area (Å²) in [6.45, 7) is 6.01. The average Bonchev–Trinajstić information content (AvgIpc) is 3.09. The van der Waals surface area contributed by atoms with Gasteiger partial charge in [-0.15, -0.1) is 0 Å². The van der Waals surface area contributed by atoms with Gasteiger partial charge in [-0.2, -0.15) is 5.10 Å². The van der Waals surface area contributed by atoms with Crippen LogP contribution in [0.25, 0.3) is 5.69 Å². The molecule has 1 N–H and O–H groups in total. The molecule has 0 unspecified atom stereocenters. The van der Waals surface area contributed by atoms with Gasteiger partial charge in [0.15, 0.2) is 0 Å². The zero-order valence-corrected chi connectivity index (χ0v) is 18.6. The summed E-state index contributed by atoms with van der Waals surface area (Å²) >= 11 is 0. The highest BCUT2D eigenvalue weighted by molar-refractivity contribution is 5.90. The Kier molecular flexibility index (Phi) is 6.36. The van der Waals surface area contributed by atoms with Crippen molar-refractivity contribution >= 4 is 11.6 Å². The van der Waals surface area contributed by atoms with Crippen LogP contribution in [0.1, 0.15) is 28.8 Å². The van der Waals surface area contributed by atoms with Crippen LogP contribution < -0.4 is 10.1 Å². The second kappa shape index (κ2) is 9.52. The minimum Gasteiger partial charge on any atom is -0.439 e. The zero-order chi connectivity index (χ0) is 22.5. The molecule has 32 heavy (non-hydrogen) atoms. The molecule has 1 heterocycles. The van der Waals surface area contributed by atoms with E-state index in [1.165, 1.54) is 0 Å². The van der Waals surface area contributed by atoms with Crippen LogP contribution in [-0.2, 0) is 11.2 Å². The third kappa shape index (κ3) is 5.06. The van der Waals surface area contributed by atoms with Gasteiger partial charge in [0.1, 0.15) is 5.75 Å². The van der Waals surface area contributed by atoms with E-state index in [2.05, 4.69) is 5.32 Å². The van der Waals surface area contributed by atoms with E-state index in [-0.39, 0.29) is 5.91 Å². The van der Waals surface area contributed by atoms with Crippen molar-refractivity contribution in [1.82, 2.24) is 9.78 Å². The van der Waals surface area contributed by atoms with Crippen molar-refractivity contribution in [2.24, 2.45) is 0 Å². The number of carbonyl (C=O) groups excluding carboxylic acids is 1. The largest absolute Gasteiger partial charge is 0.439 e. The van der Waals surface area contributed by atoms with Crippen LogP contribution in [0.3, 0.4) is 0 Å². The molecule has 0 saturated heterocycles. The minimum atomic E-state index is -0.0396. The normalized spacial score (nSPS) is 10.7. The Labute approximate surface area is 188 Å². The van der Waals surface area contributed by atoms with Gasteiger partial charge in [0.05, 0.1) is 11.4 Å². The van der Waals surface area contributed by atoms with E-state index in [1.807, 2.05) is 104 Å². The number of carbonyl (C=O) groups is 1. The number of benzene rings is 3. The van der Waals surface area contributed by atoms with Crippen molar-refractivity contribution in [3.8, 4) is 17.3 Å². The standard InChI is InChI=1S/C27H27N3O2/c1-19-12-14-22(15-13-19)28-26(31)17-16-25-21(3)29-30(23-9-5-4-6-10-23)27(25)32-24-11-7-8-20(2)18-24/h4-15,18H,16-17H2,1-3H3,(H,28,31). The van der Waals surface area contributed by atoms with Crippen molar-refractivity contribution < 1.29 is 9.53 Å². The summed E-state index contributed by atoms with van der Waals surface area (Å²) in [7, 11) is 0. The van der Waals surface area contributed by atoms with Crippen molar-refractivity contribution in [2.45, 2.75) is 33.6 Å². The highest BCUT2D eigenvalue weighted by Gasteiger charge is 2.20. The first-order chi connectivity index (χ1) is 15.5. The van der Waals surface area contributed by atoms with Crippen LogP contribution in [0.15, 0.2) is 78.9 Å². The summed E-state index contributed by atoms with van der Waals surface area (Å²) in [5.41, 5.74) is 5.75. The summed E-state index contributed by atoms with van der Waals surface area (Å²) in [6.07, 6.45) is 0.858. The fraction of sp³-hybridized carbons (Fsp3) is 0.185. The van der Waals surface area contributed by atoms with Gasteiger partial charge >= 0.3 is 0 Å². The fourth-order valence-corrected chi connectivity index (χ4v) is 3.56. The lowest BCUT2D eigenvalue weighted by atomic mass is 10.1. The Hall–Kier alpha value is -3.86. The molecule has 0 aliphatic heterocycles. The molecule has 0 spiro atoms. The Balaban J connectivity index is 1.59. The molecule has 5 heteroatoms. The summed E-state index contributed by atoms with van der Waals surface area (Å²) < 4.78 is 8.14. The van der Waals surface area contributed by atoms with Gasteiger partial charge in [-0.1, -0.05) is 48.0 Å². The average molecular weight is 426 g/mol. The second-order valence-electron chi connectivity index (χ2n) is 7.95. The molecule has 0 aliphatic rings. The molecule has 0 bridgehead atoms. The van der Waals surface area contributed by atoms with Gasteiger partial charge in [-0.25, -0.2) is 4.68 Å². The highest BCUT2D eigenvalue weighted by Crippen LogP contribution is 2.32. The maximum atomic E-state index is 12.6. The van der Waals surface area contributed by atoms with Gasteiger partial charge in [0.2, 0.25) is 11.8 Å². The first-order valence-electron chi connectivity index (χ1n) is 10.7. The lowest BCUT2D eigenvalue weighted by Gasteiger charge is -2.12. The first kappa shape index (κ1) is 21.4. The highest BCUT2D eigenvalue weighted by atomic mass is 16.5. The van der Waals surface area contributed by atoms with Crippen molar-refractivity contribution in [1.29, 1.82) is 0 Å². The maximum absolute atomic E-state index is 12.6. The van der Waals surface area contributed by atoms with E-state index < -0.39 is 0 Å². The Morgan fingerprint density at radius 2 is 1.66 bits per heavy atom. The number of anilines is 1. The van der Waals surface area contributed by atoms with E-state index in [0.717, 1.165) is 39.5 Å². The minimum absolute atomic E-state index is 0.0396. The Bertz CT molecular complexity index is 1210. The predicted molar refractivity (Wildman–Crippen MR) is 128 cm³/mol. The maximum Gasteiger partial charge on any atom is 0.226 e. The lowest BCUT2D eigenvalue weighted by Crippen LogP contribution is -2.12. The van der Waals surface area contributed by atoms with Gasteiger partial charge in [0.25, 0.3) is 0 Å². The topological polar surface area (TPSA) is 56.2 Å². The monoisotopic (exact) mass is 425 g/mol. The molecular weight excluding hydrogens is 398 g/mol. The van der Waals surface area contributed by atoms with Crippen molar-refractivity contribution in [3.05, 3.63) is 101 Å². The molecule has 4 rings (SSSR count). The van der Waals surface area contributed by atoms with Crippen LogP contribution in [0.4, 0.5) is 5.69 Å². The fourth-order valence-electron chi connectivity index (χ4n) is 3.56. The molecular formula is C27H27N3O2. The van der Waals surface area contributed by atoms with Gasteiger partial charge in [0, 0.05) is 17.7 Å². The molecule has 0 fully saturated rings. The lowest BCUT2D eigenvalue weighted by molar-refractivity contribution is -0.116. The summed E-state index contributed by atoms with van der Waals surface area (Å²) in [4.78, 5) is 12.6. The number of aromatic nitrogens is 2. The van der Waals surface area contributed by atoms with Crippen molar-refractivity contribution in [2.75, 3.05) is 5.32 Å². The molecule has 4 aromatic rings. The predicted octanol–water partition coefficient (Wildman–Crippen LogP) is 6.16. The summed E-state index contributed by atoms with van der Waals surface area (Å²) in [5, 5.41) is 7.70. The molecule has 0 aliphatic carbocycles. The summed E-state index contributed by atoms with van der Waals surface area (Å²) in [6, 6.07) is 25.6. The molecule has 3 aromatic carbocycles. The number of hydrogen-bond acceptors (Lipinski definition) is 3. The van der Waals surface area contributed by atoms with Crippen LogP contribution in [0, 0.1) is 20.8 Å². The van der Waals surface area contributed by atoms with Crippen LogP contribution in [0.2, 0.25) is 0 Å². The van der Waals surface area contributed by atoms with Gasteiger partial charge < -0.3 is 10.1 Å². The molecule has 0 radical (unpaired) electrons. The number of para-hydroxylation sites is 1.